The predicted molar refractivity (Wildman–Crippen MR) is 40.4 cm³/mol. The second kappa shape index (κ2) is 3.41. The van der Waals surface area contributed by atoms with Crippen molar-refractivity contribution in [2.45, 2.75) is 13.8 Å². The minimum atomic E-state index is -0.499. The molecule has 0 atom stereocenters. The molecule has 0 aromatic carbocycles. The molecular weight excluding hydrogens is 130 g/mol. The number of amides is 2. The molecule has 0 saturated heterocycles. The van der Waals surface area contributed by atoms with E-state index in [0.29, 0.717) is 13.1 Å². The molecule has 0 radical (unpaired) electrons. The summed E-state index contributed by atoms with van der Waals surface area (Å²) < 4.78 is 0. The Morgan fingerprint density at radius 3 is 2.40 bits per heavy atom. The molecule has 0 aromatic rings. The fourth-order valence-electron chi connectivity index (χ4n) is 0.399. The summed E-state index contributed by atoms with van der Waals surface area (Å²) in [6, 6.07) is -0.499. The van der Waals surface area contributed by atoms with Crippen LogP contribution >= 0.6 is 0 Å². The maximum absolute atomic E-state index is 10.2. The van der Waals surface area contributed by atoms with Crippen LogP contribution in [0.25, 0.3) is 0 Å². The summed E-state index contributed by atoms with van der Waals surface area (Å²) >= 11 is 0. The average Bonchev–Trinajstić information content (AvgIpc) is 1.85. The highest BCUT2D eigenvalue weighted by atomic mass is 16.2. The van der Waals surface area contributed by atoms with Crippen molar-refractivity contribution in [3.63, 3.8) is 0 Å². The van der Waals surface area contributed by atoms with Crippen molar-refractivity contribution in [1.82, 2.24) is 5.32 Å². The van der Waals surface area contributed by atoms with Gasteiger partial charge in [-0.05, 0) is 12.0 Å². The van der Waals surface area contributed by atoms with Crippen LogP contribution in [0.1, 0.15) is 13.8 Å². The van der Waals surface area contributed by atoms with Crippen LogP contribution in [-0.2, 0) is 0 Å². The third-order valence-corrected chi connectivity index (χ3v) is 1.29. The van der Waals surface area contributed by atoms with E-state index in [2.05, 4.69) is 5.32 Å². The van der Waals surface area contributed by atoms with Crippen molar-refractivity contribution < 1.29 is 4.79 Å². The number of rotatable bonds is 3. The number of hydrogen-bond acceptors (Lipinski definition) is 2. The van der Waals surface area contributed by atoms with E-state index in [-0.39, 0.29) is 5.41 Å². The Morgan fingerprint density at radius 1 is 1.60 bits per heavy atom. The van der Waals surface area contributed by atoms with Crippen molar-refractivity contribution in [2.24, 2.45) is 16.9 Å². The first-order chi connectivity index (χ1) is 4.48. The molecule has 0 spiro atoms. The van der Waals surface area contributed by atoms with Crippen LogP contribution in [0.3, 0.4) is 0 Å². The first-order valence-corrected chi connectivity index (χ1v) is 3.21. The monoisotopic (exact) mass is 145 g/mol. The Labute approximate surface area is 61.0 Å². The van der Waals surface area contributed by atoms with Gasteiger partial charge < -0.3 is 16.8 Å². The number of urea groups is 1. The van der Waals surface area contributed by atoms with E-state index in [1.54, 1.807) is 0 Å². The number of primary amides is 1. The second-order valence-corrected chi connectivity index (χ2v) is 3.09. The van der Waals surface area contributed by atoms with Crippen LogP contribution in [0, 0.1) is 5.41 Å². The fourth-order valence-corrected chi connectivity index (χ4v) is 0.399. The molecule has 0 aliphatic rings. The minimum Gasteiger partial charge on any atom is -0.352 e. The van der Waals surface area contributed by atoms with Gasteiger partial charge in [-0.1, -0.05) is 13.8 Å². The van der Waals surface area contributed by atoms with E-state index < -0.39 is 6.03 Å². The third kappa shape index (κ3) is 4.14. The average molecular weight is 145 g/mol. The molecule has 0 bridgehead atoms. The lowest BCUT2D eigenvalue weighted by atomic mass is 9.94. The van der Waals surface area contributed by atoms with Crippen molar-refractivity contribution >= 4 is 6.03 Å². The van der Waals surface area contributed by atoms with Crippen LogP contribution in [0.5, 0.6) is 0 Å². The number of nitrogens with one attached hydrogen (secondary N) is 1. The van der Waals surface area contributed by atoms with E-state index in [1.165, 1.54) is 0 Å². The summed E-state index contributed by atoms with van der Waals surface area (Å²) in [4.78, 5) is 10.2. The first kappa shape index (κ1) is 9.23. The summed E-state index contributed by atoms with van der Waals surface area (Å²) in [7, 11) is 0. The lowest BCUT2D eigenvalue weighted by molar-refractivity contribution is 0.242. The van der Waals surface area contributed by atoms with Crippen LogP contribution in [0.2, 0.25) is 0 Å². The normalized spacial score (nSPS) is 11.1. The second-order valence-electron chi connectivity index (χ2n) is 3.09. The molecule has 0 rings (SSSR count). The highest BCUT2D eigenvalue weighted by molar-refractivity contribution is 5.71. The zero-order chi connectivity index (χ0) is 8.20. The van der Waals surface area contributed by atoms with Crippen molar-refractivity contribution in [2.75, 3.05) is 13.1 Å². The molecular formula is C6H15N3O. The lowest BCUT2D eigenvalue weighted by Gasteiger charge is -2.21. The van der Waals surface area contributed by atoms with Gasteiger partial charge in [0.2, 0.25) is 0 Å². The molecule has 4 heteroatoms. The molecule has 10 heavy (non-hydrogen) atoms. The molecule has 0 saturated carbocycles. The maximum Gasteiger partial charge on any atom is 0.312 e. The van der Waals surface area contributed by atoms with Crippen molar-refractivity contribution in [3.8, 4) is 0 Å². The van der Waals surface area contributed by atoms with Crippen LogP contribution in [0.4, 0.5) is 4.79 Å². The Balaban J connectivity index is 3.56. The molecule has 5 N–H and O–H groups in total. The Hall–Kier alpha value is -0.770. The van der Waals surface area contributed by atoms with E-state index in [0.717, 1.165) is 0 Å². The van der Waals surface area contributed by atoms with Gasteiger partial charge in [0.15, 0.2) is 0 Å². The predicted octanol–water partition coefficient (Wildman–Crippen LogP) is -0.360. The lowest BCUT2D eigenvalue weighted by Crippen LogP contribution is -2.40. The van der Waals surface area contributed by atoms with Gasteiger partial charge in [-0.25, -0.2) is 4.79 Å². The zero-order valence-electron chi connectivity index (χ0n) is 6.48. The van der Waals surface area contributed by atoms with Crippen molar-refractivity contribution in [3.05, 3.63) is 0 Å². The number of hydrogen-bond donors (Lipinski definition) is 3. The highest BCUT2D eigenvalue weighted by Gasteiger charge is 2.15. The molecule has 4 nitrogen and oxygen atoms in total. The van der Waals surface area contributed by atoms with Gasteiger partial charge >= 0.3 is 6.03 Å². The van der Waals surface area contributed by atoms with Gasteiger partial charge in [-0.3, -0.25) is 0 Å². The topological polar surface area (TPSA) is 81.1 Å². The largest absolute Gasteiger partial charge is 0.352 e. The maximum atomic E-state index is 10.2. The Morgan fingerprint density at radius 2 is 2.10 bits per heavy atom. The number of carbonyl (C=O) groups is 1. The molecule has 0 fully saturated rings. The van der Waals surface area contributed by atoms with Gasteiger partial charge in [0.1, 0.15) is 0 Å². The summed E-state index contributed by atoms with van der Waals surface area (Å²) in [6.45, 7) is 4.98. The SMILES string of the molecule is CC(C)(CN)CNC(N)=O. The third-order valence-electron chi connectivity index (χ3n) is 1.29. The van der Waals surface area contributed by atoms with E-state index in [1.807, 2.05) is 13.8 Å². The standard InChI is InChI=1S/C6H15N3O/c1-6(2,3-7)4-9-5(8)10/h3-4,7H2,1-2H3,(H3,8,9,10). The van der Waals surface area contributed by atoms with Crippen LogP contribution < -0.4 is 16.8 Å². The fraction of sp³-hybridized carbons (Fsp3) is 0.833. The smallest absolute Gasteiger partial charge is 0.312 e. The van der Waals surface area contributed by atoms with Crippen molar-refractivity contribution in [1.29, 1.82) is 0 Å². The number of nitrogens with two attached hydrogens (primary N) is 2. The molecule has 2 amide bonds. The van der Waals surface area contributed by atoms with Gasteiger partial charge in [0, 0.05) is 6.54 Å². The van der Waals surface area contributed by atoms with E-state index in [9.17, 15) is 4.79 Å². The summed E-state index contributed by atoms with van der Waals surface area (Å²) in [5.41, 5.74) is 10.2. The van der Waals surface area contributed by atoms with E-state index in [4.69, 9.17) is 11.5 Å². The summed E-state index contributed by atoms with van der Waals surface area (Å²) in [5, 5.41) is 2.50. The molecule has 0 aromatic heterocycles. The van der Waals surface area contributed by atoms with Gasteiger partial charge in [0.25, 0.3) is 0 Å². The van der Waals surface area contributed by atoms with Gasteiger partial charge in [-0.2, -0.15) is 0 Å². The van der Waals surface area contributed by atoms with Gasteiger partial charge in [-0.15, -0.1) is 0 Å². The Kier molecular flexibility index (Phi) is 3.15. The molecule has 0 unspecified atom stereocenters. The summed E-state index contributed by atoms with van der Waals surface area (Å²) in [6.07, 6.45) is 0. The van der Waals surface area contributed by atoms with Gasteiger partial charge in [0.05, 0.1) is 0 Å². The molecule has 0 aliphatic heterocycles. The first-order valence-electron chi connectivity index (χ1n) is 3.21. The minimum absolute atomic E-state index is 0.0605. The van der Waals surface area contributed by atoms with E-state index >= 15 is 0 Å². The Bertz CT molecular complexity index is 122. The van der Waals surface area contributed by atoms with Crippen LogP contribution in [0.15, 0.2) is 0 Å². The highest BCUT2D eigenvalue weighted by Crippen LogP contribution is 2.09. The molecule has 0 heterocycles. The molecule has 0 aliphatic carbocycles. The quantitative estimate of drug-likeness (QED) is 0.507. The summed E-state index contributed by atoms with van der Waals surface area (Å²) in [5.74, 6) is 0. The molecule has 60 valence electrons. The van der Waals surface area contributed by atoms with Crippen LogP contribution in [-0.4, -0.2) is 19.1 Å². The zero-order valence-corrected chi connectivity index (χ0v) is 6.48. The number of carbonyl (C=O) groups excluding carboxylic acids is 1.